The SMILES string of the molecule is Cc1cc(C)nc(CN(C)Cc2cc(C#N)n(C)c2)c1. The Balaban J connectivity index is 2.05. The summed E-state index contributed by atoms with van der Waals surface area (Å²) in [5.41, 5.74) is 5.22. The molecule has 0 spiro atoms. The van der Waals surface area contributed by atoms with Crippen molar-refractivity contribution in [2.45, 2.75) is 26.9 Å². The molecule has 104 valence electrons. The van der Waals surface area contributed by atoms with Gasteiger partial charge in [-0.2, -0.15) is 5.26 Å². The summed E-state index contributed by atoms with van der Waals surface area (Å²) in [4.78, 5) is 6.76. The van der Waals surface area contributed by atoms with Gasteiger partial charge in [0.25, 0.3) is 0 Å². The molecule has 0 aliphatic rings. The lowest BCUT2D eigenvalue weighted by atomic mass is 10.2. The van der Waals surface area contributed by atoms with Gasteiger partial charge >= 0.3 is 0 Å². The van der Waals surface area contributed by atoms with E-state index in [9.17, 15) is 0 Å². The molecule has 0 radical (unpaired) electrons. The predicted octanol–water partition coefficient (Wildman–Crippen LogP) is 2.54. The Kier molecular flexibility index (Phi) is 4.21. The number of aromatic nitrogens is 2. The number of hydrogen-bond acceptors (Lipinski definition) is 3. The van der Waals surface area contributed by atoms with Crippen molar-refractivity contribution < 1.29 is 0 Å². The van der Waals surface area contributed by atoms with Gasteiger partial charge in [0, 0.05) is 32.0 Å². The van der Waals surface area contributed by atoms with Gasteiger partial charge in [0.2, 0.25) is 0 Å². The van der Waals surface area contributed by atoms with Crippen LogP contribution >= 0.6 is 0 Å². The zero-order valence-electron chi connectivity index (χ0n) is 12.5. The van der Waals surface area contributed by atoms with E-state index in [2.05, 4.69) is 42.1 Å². The Morgan fingerprint density at radius 1 is 1.25 bits per heavy atom. The van der Waals surface area contributed by atoms with Crippen molar-refractivity contribution in [3.63, 3.8) is 0 Å². The van der Waals surface area contributed by atoms with Gasteiger partial charge < -0.3 is 4.57 Å². The molecule has 4 heteroatoms. The lowest BCUT2D eigenvalue weighted by molar-refractivity contribution is 0.315. The normalized spacial score (nSPS) is 10.8. The Hall–Kier alpha value is -2.12. The summed E-state index contributed by atoms with van der Waals surface area (Å²) in [6.07, 6.45) is 2.00. The van der Waals surface area contributed by atoms with Gasteiger partial charge in [0.15, 0.2) is 0 Å². The molecule has 0 amide bonds. The van der Waals surface area contributed by atoms with Gasteiger partial charge in [-0.3, -0.25) is 9.88 Å². The predicted molar refractivity (Wildman–Crippen MR) is 79.0 cm³/mol. The van der Waals surface area contributed by atoms with Crippen LogP contribution in [-0.2, 0) is 20.1 Å². The molecule has 0 atom stereocenters. The zero-order valence-corrected chi connectivity index (χ0v) is 12.5. The largest absolute Gasteiger partial charge is 0.342 e. The van der Waals surface area contributed by atoms with Crippen molar-refractivity contribution >= 4 is 0 Å². The molecule has 0 bridgehead atoms. The molecule has 0 aliphatic carbocycles. The molecule has 2 aromatic rings. The van der Waals surface area contributed by atoms with E-state index in [4.69, 9.17) is 5.26 Å². The van der Waals surface area contributed by atoms with Crippen LogP contribution in [0.4, 0.5) is 0 Å². The van der Waals surface area contributed by atoms with Crippen LogP contribution in [0.3, 0.4) is 0 Å². The third-order valence-corrected chi connectivity index (χ3v) is 3.21. The zero-order chi connectivity index (χ0) is 14.7. The average molecular weight is 268 g/mol. The second-order valence-corrected chi connectivity index (χ2v) is 5.41. The van der Waals surface area contributed by atoms with E-state index in [1.165, 1.54) is 5.56 Å². The van der Waals surface area contributed by atoms with Crippen molar-refractivity contribution in [1.29, 1.82) is 5.26 Å². The maximum Gasteiger partial charge on any atom is 0.120 e. The maximum absolute atomic E-state index is 8.97. The summed E-state index contributed by atoms with van der Waals surface area (Å²) in [5, 5.41) is 8.97. The molecule has 0 saturated carbocycles. The topological polar surface area (TPSA) is 44.9 Å². The molecule has 0 unspecified atom stereocenters. The van der Waals surface area contributed by atoms with Gasteiger partial charge in [0.1, 0.15) is 11.8 Å². The van der Waals surface area contributed by atoms with E-state index in [0.29, 0.717) is 5.69 Å². The van der Waals surface area contributed by atoms with E-state index in [1.807, 2.05) is 30.8 Å². The minimum Gasteiger partial charge on any atom is -0.342 e. The summed E-state index contributed by atoms with van der Waals surface area (Å²) in [5.74, 6) is 0. The summed E-state index contributed by atoms with van der Waals surface area (Å²) < 4.78 is 1.86. The first-order valence-corrected chi connectivity index (χ1v) is 6.66. The van der Waals surface area contributed by atoms with Crippen LogP contribution in [-0.4, -0.2) is 21.5 Å². The van der Waals surface area contributed by atoms with E-state index >= 15 is 0 Å². The van der Waals surface area contributed by atoms with Crippen LogP contribution in [0.5, 0.6) is 0 Å². The standard InChI is InChI=1S/C16H20N4/c1-12-5-13(2)18-15(6-12)11-19(3)9-14-7-16(8-17)20(4)10-14/h5-7,10H,9,11H2,1-4H3. The molecule has 4 nitrogen and oxygen atoms in total. The van der Waals surface area contributed by atoms with Crippen LogP contribution in [0.1, 0.15) is 28.2 Å². The van der Waals surface area contributed by atoms with E-state index in [0.717, 1.165) is 30.0 Å². The van der Waals surface area contributed by atoms with Crippen molar-refractivity contribution in [1.82, 2.24) is 14.5 Å². The van der Waals surface area contributed by atoms with Crippen LogP contribution in [0.2, 0.25) is 0 Å². The van der Waals surface area contributed by atoms with Gasteiger partial charge in [0.05, 0.1) is 5.69 Å². The number of hydrogen-bond donors (Lipinski definition) is 0. The van der Waals surface area contributed by atoms with Gasteiger partial charge in [-0.05, 0) is 50.2 Å². The Morgan fingerprint density at radius 2 is 2.00 bits per heavy atom. The third kappa shape index (κ3) is 3.46. The lowest BCUT2D eigenvalue weighted by Gasteiger charge is -2.16. The van der Waals surface area contributed by atoms with E-state index < -0.39 is 0 Å². The molecule has 0 fully saturated rings. The number of nitriles is 1. The highest BCUT2D eigenvalue weighted by molar-refractivity contribution is 5.28. The molecule has 2 heterocycles. The average Bonchev–Trinajstić information content (AvgIpc) is 2.67. The van der Waals surface area contributed by atoms with Gasteiger partial charge in [-0.15, -0.1) is 0 Å². The first kappa shape index (κ1) is 14.3. The Labute approximate surface area is 120 Å². The molecule has 0 aliphatic heterocycles. The molecule has 0 N–H and O–H groups in total. The summed E-state index contributed by atoms with van der Waals surface area (Å²) >= 11 is 0. The van der Waals surface area contributed by atoms with Crippen molar-refractivity contribution in [3.05, 3.63) is 52.6 Å². The molecule has 2 rings (SSSR count). The molecular formula is C16H20N4. The molecular weight excluding hydrogens is 248 g/mol. The summed E-state index contributed by atoms with van der Waals surface area (Å²) in [6.45, 7) is 5.73. The van der Waals surface area contributed by atoms with Crippen LogP contribution in [0, 0.1) is 25.2 Å². The summed E-state index contributed by atoms with van der Waals surface area (Å²) in [6, 6.07) is 8.33. The number of nitrogens with zero attached hydrogens (tertiary/aromatic N) is 4. The Bertz CT molecular complexity index is 629. The first-order chi connectivity index (χ1) is 9.47. The quantitative estimate of drug-likeness (QED) is 0.856. The smallest absolute Gasteiger partial charge is 0.120 e. The molecule has 2 aromatic heterocycles. The fourth-order valence-electron chi connectivity index (χ4n) is 2.48. The number of aryl methyl sites for hydroxylation is 3. The third-order valence-electron chi connectivity index (χ3n) is 3.21. The van der Waals surface area contributed by atoms with Crippen molar-refractivity contribution in [2.24, 2.45) is 7.05 Å². The highest BCUT2D eigenvalue weighted by Crippen LogP contribution is 2.11. The second-order valence-electron chi connectivity index (χ2n) is 5.41. The fourth-order valence-corrected chi connectivity index (χ4v) is 2.48. The van der Waals surface area contributed by atoms with Crippen molar-refractivity contribution in [2.75, 3.05) is 7.05 Å². The molecule has 0 saturated heterocycles. The first-order valence-electron chi connectivity index (χ1n) is 6.66. The van der Waals surface area contributed by atoms with E-state index in [1.54, 1.807) is 0 Å². The minimum atomic E-state index is 0.693. The van der Waals surface area contributed by atoms with Gasteiger partial charge in [-0.25, -0.2) is 0 Å². The fraction of sp³-hybridized carbons (Fsp3) is 0.375. The van der Waals surface area contributed by atoms with Crippen LogP contribution in [0.15, 0.2) is 24.4 Å². The molecule has 20 heavy (non-hydrogen) atoms. The number of pyridine rings is 1. The maximum atomic E-state index is 8.97. The number of rotatable bonds is 4. The van der Waals surface area contributed by atoms with Gasteiger partial charge in [-0.1, -0.05) is 0 Å². The molecule has 0 aromatic carbocycles. The van der Waals surface area contributed by atoms with Crippen molar-refractivity contribution in [3.8, 4) is 6.07 Å². The Morgan fingerprint density at radius 3 is 2.60 bits per heavy atom. The minimum absolute atomic E-state index is 0.693. The summed E-state index contributed by atoms with van der Waals surface area (Å²) in [7, 11) is 3.96. The highest BCUT2D eigenvalue weighted by atomic mass is 15.1. The lowest BCUT2D eigenvalue weighted by Crippen LogP contribution is -2.18. The van der Waals surface area contributed by atoms with Crippen LogP contribution in [0.25, 0.3) is 0 Å². The van der Waals surface area contributed by atoms with E-state index in [-0.39, 0.29) is 0 Å². The second kappa shape index (κ2) is 5.89. The highest BCUT2D eigenvalue weighted by Gasteiger charge is 2.07. The monoisotopic (exact) mass is 268 g/mol. The van der Waals surface area contributed by atoms with Crippen LogP contribution < -0.4 is 0 Å².